The number of hydrogen-bond donors (Lipinski definition) is 2. The number of thioether (sulfide) groups is 2. The first kappa shape index (κ1) is 24.4. The number of ether oxygens (including phenoxy) is 1. The minimum absolute atomic E-state index is 0. The molecule has 2 saturated heterocycles. The monoisotopic (exact) mass is 556 g/mol. The highest BCUT2D eigenvalue weighted by molar-refractivity contribution is 14.0. The summed E-state index contributed by atoms with van der Waals surface area (Å²) in [5, 5.41) is 7.79. The fourth-order valence-electron chi connectivity index (χ4n) is 3.47. The molecule has 0 saturated carbocycles. The normalized spacial score (nSPS) is 23.3. The quantitative estimate of drug-likeness (QED) is 0.177. The van der Waals surface area contributed by atoms with Gasteiger partial charge in [0.15, 0.2) is 5.96 Å². The first-order chi connectivity index (χ1) is 13.2. The van der Waals surface area contributed by atoms with Gasteiger partial charge in [-0.2, -0.15) is 11.8 Å². The van der Waals surface area contributed by atoms with Gasteiger partial charge in [-0.1, -0.05) is 11.6 Å². The molecule has 2 aliphatic rings. The van der Waals surface area contributed by atoms with E-state index in [1.54, 1.807) is 0 Å². The Morgan fingerprint density at radius 3 is 2.68 bits per heavy atom. The Labute approximate surface area is 199 Å². The highest BCUT2D eigenvalue weighted by Gasteiger charge is 2.40. The minimum atomic E-state index is 0. The van der Waals surface area contributed by atoms with Gasteiger partial charge in [-0.3, -0.25) is 9.89 Å². The lowest BCUT2D eigenvalue weighted by Gasteiger charge is -2.43. The van der Waals surface area contributed by atoms with Crippen molar-refractivity contribution in [3.05, 3.63) is 29.3 Å². The van der Waals surface area contributed by atoms with E-state index in [4.69, 9.17) is 16.3 Å². The van der Waals surface area contributed by atoms with Crippen molar-refractivity contribution in [1.29, 1.82) is 0 Å². The highest BCUT2D eigenvalue weighted by Crippen LogP contribution is 2.33. The Hall–Kier alpha value is 0.130. The summed E-state index contributed by atoms with van der Waals surface area (Å²) < 4.78 is 5.54. The van der Waals surface area contributed by atoms with Gasteiger partial charge in [-0.25, -0.2) is 0 Å². The van der Waals surface area contributed by atoms with E-state index in [2.05, 4.69) is 44.4 Å². The molecule has 0 aromatic heterocycles. The molecule has 1 atom stereocenters. The standard InChI is InChI=1S/C19H29ClN4OS2.HI/c1-21-18(22-7-13-27-17-4-2-16(20)3-5-17)23-14-19(6-12-26-15-19)24-8-10-25-11-9-24;/h2-5H,6-15H2,1H3,(H2,21,22,23);1H. The molecule has 2 fully saturated rings. The molecule has 0 amide bonds. The molecule has 5 nitrogen and oxygen atoms in total. The summed E-state index contributed by atoms with van der Waals surface area (Å²) in [6, 6.07) is 7.98. The predicted octanol–water partition coefficient (Wildman–Crippen LogP) is 3.42. The van der Waals surface area contributed by atoms with Crippen LogP contribution in [-0.4, -0.2) is 80.1 Å². The molecule has 2 heterocycles. The van der Waals surface area contributed by atoms with Crippen LogP contribution in [0.5, 0.6) is 0 Å². The second kappa shape index (κ2) is 12.7. The number of aliphatic imine (C=N–C) groups is 1. The summed E-state index contributed by atoms with van der Waals surface area (Å²) in [5.74, 6) is 4.29. The molecule has 1 aromatic rings. The van der Waals surface area contributed by atoms with Crippen LogP contribution in [0, 0.1) is 0 Å². The van der Waals surface area contributed by atoms with E-state index in [1.165, 1.54) is 22.8 Å². The summed E-state index contributed by atoms with van der Waals surface area (Å²) >= 11 is 9.81. The maximum Gasteiger partial charge on any atom is 0.191 e. The molecule has 0 spiro atoms. The summed E-state index contributed by atoms with van der Waals surface area (Å²) in [7, 11) is 1.84. The van der Waals surface area contributed by atoms with Crippen LogP contribution >= 0.6 is 59.1 Å². The number of hydrogen-bond acceptors (Lipinski definition) is 5. The second-order valence-electron chi connectivity index (χ2n) is 6.78. The summed E-state index contributed by atoms with van der Waals surface area (Å²) in [6.45, 7) is 5.57. The van der Waals surface area contributed by atoms with Gasteiger partial charge in [0.1, 0.15) is 0 Å². The van der Waals surface area contributed by atoms with E-state index in [-0.39, 0.29) is 29.5 Å². The third-order valence-corrected chi connectivity index (χ3v) is 7.55. The summed E-state index contributed by atoms with van der Waals surface area (Å²) in [6.07, 6.45) is 1.23. The molecule has 3 rings (SSSR count). The molecule has 0 radical (unpaired) electrons. The van der Waals surface area contributed by atoms with Gasteiger partial charge >= 0.3 is 0 Å². The topological polar surface area (TPSA) is 48.9 Å². The van der Waals surface area contributed by atoms with Crippen molar-refractivity contribution in [1.82, 2.24) is 15.5 Å². The van der Waals surface area contributed by atoms with E-state index in [1.807, 2.05) is 30.9 Å². The Morgan fingerprint density at radius 2 is 2.04 bits per heavy atom. The van der Waals surface area contributed by atoms with Crippen molar-refractivity contribution in [3.8, 4) is 0 Å². The number of guanidine groups is 1. The summed E-state index contributed by atoms with van der Waals surface area (Å²) in [5.41, 5.74) is 0.226. The van der Waals surface area contributed by atoms with Gasteiger partial charge < -0.3 is 15.4 Å². The molecule has 1 aromatic carbocycles. The van der Waals surface area contributed by atoms with Crippen LogP contribution < -0.4 is 10.6 Å². The van der Waals surface area contributed by atoms with Gasteiger partial charge in [0.05, 0.1) is 13.2 Å². The molecule has 28 heavy (non-hydrogen) atoms. The smallest absolute Gasteiger partial charge is 0.191 e. The molecule has 2 N–H and O–H groups in total. The number of nitrogens with zero attached hydrogens (tertiary/aromatic N) is 2. The second-order valence-corrected chi connectivity index (χ2v) is 9.49. The molecule has 0 aliphatic carbocycles. The highest BCUT2D eigenvalue weighted by atomic mass is 127. The molecular formula is C19H30ClIN4OS2. The zero-order valence-corrected chi connectivity index (χ0v) is 21.0. The lowest BCUT2D eigenvalue weighted by atomic mass is 9.95. The van der Waals surface area contributed by atoms with Crippen LogP contribution in [0.4, 0.5) is 0 Å². The van der Waals surface area contributed by atoms with Crippen LogP contribution in [0.3, 0.4) is 0 Å². The number of morpholine rings is 1. The first-order valence-electron chi connectivity index (χ1n) is 9.45. The Morgan fingerprint density at radius 1 is 1.29 bits per heavy atom. The molecule has 158 valence electrons. The van der Waals surface area contributed by atoms with Crippen LogP contribution in [0.15, 0.2) is 34.2 Å². The number of nitrogens with one attached hydrogen (secondary N) is 2. The van der Waals surface area contributed by atoms with E-state index in [9.17, 15) is 0 Å². The van der Waals surface area contributed by atoms with E-state index >= 15 is 0 Å². The average Bonchev–Trinajstić information content (AvgIpc) is 3.20. The molecule has 0 bridgehead atoms. The summed E-state index contributed by atoms with van der Waals surface area (Å²) in [4.78, 5) is 8.25. The molecule has 2 aliphatic heterocycles. The maximum atomic E-state index is 5.93. The van der Waals surface area contributed by atoms with Gasteiger partial charge in [-0.05, 0) is 36.4 Å². The van der Waals surface area contributed by atoms with E-state index < -0.39 is 0 Å². The van der Waals surface area contributed by atoms with Crippen LogP contribution in [0.1, 0.15) is 6.42 Å². The minimum Gasteiger partial charge on any atom is -0.379 e. The number of halogens is 2. The Balaban J connectivity index is 0.00000280. The fourth-order valence-corrected chi connectivity index (χ4v) is 5.84. The lowest BCUT2D eigenvalue weighted by Crippen LogP contribution is -2.60. The number of benzene rings is 1. The average molecular weight is 557 g/mol. The van der Waals surface area contributed by atoms with Crippen molar-refractivity contribution in [2.45, 2.75) is 16.9 Å². The van der Waals surface area contributed by atoms with Crippen molar-refractivity contribution in [2.24, 2.45) is 4.99 Å². The largest absolute Gasteiger partial charge is 0.379 e. The molecule has 1 unspecified atom stereocenters. The van der Waals surface area contributed by atoms with Crippen molar-refractivity contribution >= 4 is 65.1 Å². The van der Waals surface area contributed by atoms with Crippen molar-refractivity contribution in [2.75, 3.05) is 63.7 Å². The maximum absolute atomic E-state index is 5.93. The van der Waals surface area contributed by atoms with Crippen molar-refractivity contribution < 1.29 is 4.74 Å². The zero-order valence-electron chi connectivity index (χ0n) is 16.3. The van der Waals surface area contributed by atoms with Crippen LogP contribution in [0.2, 0.25) is 5.02 Å². The van der Waals surface area contributed by atoms with Gasteiger partial charge in [-0.15, -0.1) is 35.7 Å². The molecule has 9 heteroatoms. The first-order valence-corrected chi connectivity index (χ1v) is 12.0. The van der Waals surface area contributed by atoms with Gasteiger partial charge in [0.25, 0.3) is 0 Å². The fraction of sp³-hybridized carbons (Fsp3) is 0.632. The third-order valence-electron chi connectivity index (χ3n) is 5.05. The lowest BCUT2D eigenvalue weighted by molar-refractivity contribution is -0.0120. The molecular weight excluding hydrogens is 527 g/mol. The SMILES string of the molecule is CN=C(NCCSc1ccc(Cl)cc1)NCC1(N2CCOCC2)CCSC1.I. The van der Waals surface area contributed by atoms with Crippen molar-refractivity contribution in [3.63, 3.8) is 0 Å². The van der Waals surface area contributed by atoms with E-state index in [0.29, 0.717) is 0 Å². The van der Waals surface area contributed by atoms with Gasteiger partial charge in [0.2, 0.25) is 0 Å². The Kier molecular flexibility index (Phi) is 11.1. The van der Waals surface area contributed by atoms with Crippen LogP contribution in [-0.2, 0) is 4.74 Å². The van der Waals surface area contributed by atoms with E-state index in [0.717, 1.165) is 56.1 Å². The Bertz CT molecular complexity index is 608. The van der Waals surface area contributed by atoms with Gasteiger partial charge in [0, 0.05) is 60.2 Å². The van der Waals surface area contributed by atoms with Crippen LogP contribution in [0.25, 0.3) is 0 Å². The predicted molar refractivity (Wildman–Crippen MR) is 134 cm³/mol. The zero-order chi connectivity index (χ0) is 19.0. The third kappa shape index (κ3) is 7.12. The number of rotatable bonds is 7.